The number of hydrogen-bond acceptors (Lipinski definition) is 6. The van der Waals surface area contributed by atoms with E-state index in [1.165, 1.54) is 6.21 Å². The highest BCUT2D eigenvalue weighted by atomic mass is 16.5. The molecule has 0 radical (unpaired) electrons. The highest BCUT2D eigenvalue weighted by Gasteiger charge is 2.09. The Morgan fingerprint density at radius 1 is 0.914 bits per heavy atom. The predicted octanol–water partition coefficient (Wildman–Crippen LogP) is 3.88. The van der Waals surface area contributed by atoms with E-state index in [1.54, 1.807) is 66.7 Å². The number of hydrogen-bond donors (Lipinski definition) is 2. The van der Waals surface area contributed by atoms with Crippen LogP contribution in [0.4, 0.5) is 0 Å². The fraction of sp³-hybridized carbons (Fsp3) is 0.185. The second-order valence-electron chi connectivity index (χ2n) is 7.68. The summed E-state index contributed by atoms with van der Waals surface area (Å²) in [6, 6.07) is 20.5. The zero-order chi connectivity index (χ0) is 25.0. The van der Waals surface area contributed by atoms with E-state index in [4.69, 9.17) is 9.47 Å². The maximum absolute atomic E-state index is 12.2. The number of amides is 2. The standard InChI is InChI=1S/C27H27N3O5/c1-3-15-34-23-13-9-21(10-14-23)26(32)28-18-25(31)30-29-17-20-7-11-24(12-8-20)35-27(33)22-6-4-5-19(2)16-22/h4-14,16-17H,3,15,18H2,1-2H3,(H,28,32)(H,30,31). The van der Waals surface area contributed by atoms with Gasteiger partial charge < -0.3 is 14.8 Å². The SMILES string of the molecule is CCCOc1ccc(C(=O)NCC(=O)NN=Cc2ccc(OC(=O)c3cccc(C)c3)cc2)cc1. The first kappa shape index (κ1) is 25.2. The van der Waals surface area contributed by atoms with Crippen molar-refractivity contribution < 1.29 is 23.9 Å². The maximum Gasteiger partial charge on any atom is 0.343 e. The third-order valence-electron chi connectivity index (χ3n) is 4.75. The van der Waals surface area contributed by atoms with Crippen molar-refractivity contribution in [2.45, 2.75) is 20.3 Å². The first-order chi connectivity index (χ1) is 16.9. The Hall–Kier alpha value is -4.46. The molecular formula is C27H27N3O5. The van der Waals surface area contributed by atoms with Gasteiger partial charge in [-0.15, -0.1) is 0 Å². The quantitative estimate of drug-likeness (QED) is 0.201. The molecule has 0 aromatic heterocycles. The lowest BCUT2D eigenvalue weighted by Gasteiger charge is -2.07. The number of rotatable bonds is 10. The van der Waals surface area contributed by atoms with Crippen LogP contribution in [0.2, 0.25) is 0 Å². The van der Waals surface area contributed by atoms with E-state index in [0.717, 1.165) is 12.0 Å². The summed E-state index contributed by atoms with van der Waals surface area (Å²) in [5, 5.41) is 6.42. The Bertz CT molecular complexity index is 1190. The Morgan fingerprint density at radius 3 is 2.31 bits per heavy atom. The number of ether oxygens (including phenoxy) is 2. The molecule has 0 spiro atoms. The minimum absolute atomic E-state index is 0.224. The number of nitrogens with one attached hydrogen (secondary N) is 2. The van der Waals surface area contributed by atoms with E-state index in [9.17, 15) is 14.4 Å². The van der Waals surface area contributed by atoms with Gasteiger partial charge in [0, 0.05) is 5.56 Å². The fourth-order valence-corrected chi connectivity index (χ4v) is 2.96. The van der Waals surface area contributed by atoms with E-state index in [2.05, 4.69) is 15.8 Å². The summed E-state index contributed by atoms with van der Waals surface area (Å²) in [4.78, 5) is 36.4. The molecule has 8 heteroatoms. The van der Waals surface area contributed by atoms with Crippen LogP contribution < -0.4 is 20.2 Å². The molecule has 3 aromatic rings. The van der Waals surface area contributed by atoms with Crippen LogP contribution in [-0.2, 0) is 4.79 Å². The molecule has 2 amide bonds. The lowest BCUT2D eigenvalue weighted by atomic mass is 10.1. The van der Waals surface area contributed by atoms with Crippen LogP contribution in [0.5, 0.6) is 11.5 Å². The number of hydrazone groups is 1. The molecule has 2 N–H and O–H groups in total. The van der Waals surface area contributed by atoms with Crippen molar-refractivity contribution >= 4 is 24.0 Å². The first-order valence-electron chi connectivity index (χ1n) is 11.2. The van der Waals surface area contributed by atoms with Crippen LogP contribution in [0.25, 0.3) is 0 Å². The predicted molar refractivity (Wildman–Crippen MR) is 133 cm³/mol. The molecule has 8 nitrogen and oxygen atoms in total. The number of carbonyl (C=O) groups excluding carboxylic acids is 3. The van der Waals surface area contributed by atoms with Gasteiger partial charge in [-0.25, -0.2) is 10.2 Å². The van der Waals surface area contributed by atoms with Gasteiger partial charge in [-0.2, -0.15) is 5.10 Å². The lowest BCUT2D eigenvalue weighted by Crippen LogP contribution is -2.34. The van der Waals surface area contributed by atoms with E-state index in [0.29, 0.717) is 34.8 Å². The smallest absolute Gasteiger partial charge is 0.343 e. The summed E-state index contributed by atoms with van der Waals surface area (Å²) in [6.45, 7) is 4.30. The molecule has 0 fully saturated rings. The summed E-state index contributed by atoms with van der Waals surface area (Å²) in [6.07, 6.45) is 2.34. The number of benzene rings is 3. The minimum atomic E-state index is -0.471. The van der Waals surface area contributed by atoms with Crippen molar-refractivity contribution in [1.82, 2.24) is 10.7 Å². The molecule has 0 aliphatic carbocycles. The molecule has 180 valence electrons. The van der Waals surface area contributed by atoms with Crippen molar-refractivity contribution in [1.29, 1.82) is 0 Å². The average molecular weight is 474 g/mol. The van der Waals surface area contributed by atoms with Crippen LogP contribution in [0, 0.1) is 6.92 Å². The normalized spacial score (nSPS) is 10.6. The molecular weight excluding hydrogens is 446 g/mol. The number of esters is 1. The van der Waals surface area contributed by atoms with Gasteiger partial charge in [0.25, 0.3) is 11.8 Å². The molecule has 3 aromatic carbocycles. The molecule has 0 atom stereocenters. The fourth-order valence-electron chi connectivity index (χ4n) is 2.96. The monoisotopic (exact) mass is 473 g/mol. The van der Waals surface area contributed by atoms with Gasteiger partial charge in [-0.1, -0.05) is 24.6 Å². The van der Waals surface area contributed by atoms with Gasteiger partial charge in [-0.3, -0.25) is 9.59 Å². The van der Waals surface area contributed by atoms with Gasteiger partial charge in [0.15, 0.2) is 0 Å². The second kappa shape index (κ2) is 12.7. The van der Waals surface area contributed by atoms with E-state index < -0.39 is 11.9 Å². The van der Waals surface area contributed by atoms with Crippen molar-refractivity contribution in [3.05, 3.63) is 95.1 Å². The van der Waals surface area contributed by atoms with Gasteiger partial charge in [0.2, 0.25) is 0 Å². The minimum Gasteiger partial charge on any atom is -0.494 e. The third-order valence-corrected chi connectivity index (χ3v) is 4.75. The number of nitrogens with zero attached hydrogens (tertiary/aromatic N) is 1. The average Bonchev–Trinajstić information content (AvgIpc) is 2.87. The Kier molecular flexibility index (Phi) is 9.13. The highest BCUT2D eigenvalue weighted by molar-refractivity contribution is 5.96. The third kappa shape index (κ3) is 8.12. The van der Waals surface area contributed by atoms with Gasteiger partial charge in [-0.05, 0) is 79.6 Å². The molecule has 0 aliphatic rings. The van der Waals surface area contributed by atoms with Gasteiger partial charge in [0.1, 0.15) is 11.5 Å². The molecule has 35 heavy (non-hydrogen) atoms. The Balaban J connectivity index is 1.42. The van der Waals surface area contributed by atoms with Crippen molar-refractivity contribution in [2.24, 2.45) is 5.10 Å². The number of carbonyl (C=O) groups is 3. The molecule has 3 rings (SSSR count). The van der Waals surface area contributed by atoms with Crippen molar-refractivity contribution in [3.8, 4) is 11.5 Å². The van der Waals surface area contributed by atoms with Crippen LogP contribution >= 0.6 is 0 Å². The second-order valence-corrected chi connectivity index (χ2v) is 7.68. The van der Waals surface area contributed by atoms with E-state index in [1.807, 2.05) is 19.9 Å². The van der Waals surface area contributed by atoms with Crippen LogP contribution in [-0.4, -0.2) is 37.1 Å². The van der Waals surface area contributed by atoms with Gasteiger partial charge >= 0.3 is 5.97 Å². The molecule has 0 bridgehead atoms. The van der Waals surface area contributed by atoms with Crippen molar-refractivity contribution in [2.75, 3.05) is 13.2 Å². The van der Waals surface area contributed by atoms with Crippen LogP contribution in [0.3, 0.4) is 0 Å². The molecule has 0 saturated carbocycles. The summed E-state index contributed by atoms with van der Waals surface area (Å²) in [5.41, 5.74) is 4.92. The number of aryl methyl sites for hydroxylation is 1. The first-order valence-corrected chi connectivity index (χ1v) is 11.2. The summed E-state index contributed by atoms with van der Waals surface area (Å²) in [5.74, 6) is -0.202. The molecule has 0 heterocycles. The molecule has 0 aliphatic heterocycles. The lowest BCUT2D eigenvalue weighted by molar-refractivity contribution is -0.120. The highest BCUT2D eigenvalue weighted by Crippen LogP contribution is 2.15. The van der Waals surface area contributed by atoms with E-state index >= 15 is 0 Å². The summed E-state index contributed by atoms with van der Waals surface area (Å²) >= 11 is 0. The molecule has 0 saturated heterocycles. The van der Waals surface area contributed by atoms with Gasteiger partial charge in [0.05, 0.1) is 24.9 Å². The van der Waals surface area contributed by atoms with Crippen LogP contribution in [0.15, 0.2) is 77.9 Å². The summed E-state index contributed by atoms with van der Waals surface area (Å²) in [7, 11) is 0. The zero-order valence-electron chi connectivity index (χ0n) is 19.6. The topological polar surface area (TPSA) is 106 Å². The zero-order valence-corrected chi connectivity index (χ0v) is 19.6. The van der Waals surface area contributed by atoms with Crippen molar-refractivity contribution in [3.63, 3.8) is 0 Å². The Morgan fingerprint density at radius 2 is 1.63 bits per heavy atom. The Labute approximate surface area is 204 Å². The maximum atomic E-state index is 12.2. The summed E-state index contributed by atoms with van der Waals surface area (Å²) < 4.78 is 10.8. The van der Waals surface area contributed by atoms with E-state index in [-0.39, 0.29) is 12.5 Å². The van der Waals surface area contributed by atoms with Crippen LogP contribution in [0.1, 0.15) is 45.2 Å². The largest absolute Gasteiger partial charge is 0.494 e. The molecule has 0 unspecified atom stereocenters.